The van der Waals surface area contributed by atoms with E-state index in [2.05, 4.69) is 144 Å². The first kappa shape index (κ1) is 36.6. The van der Waals surface area contributed by atoms with Gasteiger partial charge >= 0.3 is 0 Å². The third kappa shape index (κ3) is 5.62. The zero-order chi connectivity index (χ0) is 41.4. The molecule has 1 aliphatic heterocycles. The van der Waals surface area contributed by atoms with Gasteiger partial charge in [-0.2, -0.15) is 0 Å². The van der Waals surface area contributed by atoms with E-state index in [1.54, 1.807) is 0 Å². The minimum atomic E-state index is -0.525. The first-order valence-corrected chi connectivity index (χ1v) is 21.8. The molecule has 1 spiro atoms. The predicted molar refractivity (Wildman–Crippen MR) is 248 cm³/mol. The van der Waals surface area contributed by atoms with Crippen LogP contribution in [0.5, 0.6) is 0 Å². The summed E-state index contributed by atoms with van der Waals surface area (Å²) >= 11 is 1.85. The van der Waals surface area contributed by atoms with Crippen LogP contribution in [0.4, 0.5) is 25.8 Å². The molecule has 0 radical (unpaired) electrons. The van der Waals surface area contributed by atoms with Gasteiger partial charge in [0.05, 0.1) is 11.1 Å². The second kappa shape index (κ2) is 14.5. The highest BCUT2D eigenvalue weighted by Crippen LogP contribution is 2.63. The van der Waals surface area contributed by atoms with Crippen molar-refractivity contribution in [3.05, 3.63) is 257 Å². The minimum absolute atomic E-state index is 0.159. The Morgan fingerprint density at radius 1 is 0.516 bits per heavy atom. The smallest absolute Gasteiger partial charge is 0.159 e. The maximum atomic E-state index is 14.4. The van der Waals surface area contributed by atoms with Crippen LogP contribution in [0, 0.1) is 11.6 Å². The molecule has 0 bridgehead atoms. The quantitative estimate of drug-likeness (QED) is 0.159. The number of para-hydroxylation sites is 2. The Hall–Kier alpha value is -7.21. The summed E-state index contributed by atoms with van der Waals surface area (Å²) < 4.78 is 35.4. The first-order valence-electron chi connectivity index (χ1n) is 21.0. The van der Waals surface area contributed by atoms with E-state index in [0.717, 1.165) is 55.7 Å². The Kier molecular flexibility index (Phi) is 8.55. The van der Waals surface area contributed by atoms with Gasteiger partial charge in [0, 0.05) is 37.9 Å². The van der Waals surface area contributed by atoms with E-state index in [4.69, 9.17) is 4.42 Å². The van der Waals surface area contributed by atoms with Crippen molar-refractivity contribution in [2.75, 3.05) is 4.90 Å². The van der Waals surface area contributed by atoms with Gasteiger partial charge in [-0.05, 0) is 129 Å². The van der Waals surface area contributed by atoms with Crippen LogP contribution in [0.25, 0.3) is 33.1 Å². The highest BCUT2D eigenvalue weighted by molar-refractivity contribution is 7.99. The third-order valence-electron chi connectivity index (χ3n) is 12.9. The van der Waals surface area contributed by atoms with Crippen molar-refractivity contribution < 1.29 is 13.2 Å². The van der Waals surface area contributed by atoms with E-state index in [1.807, 2.05) is 54.2 Å². The van der Waals surface area contributed by atoms with Crippen molar-refractivity contribution in [2.45, 2.75) is 27.5 Å². The van der Waals surface area contributed by atoms with Crippen LogP contribution in [0.15, 0.2) is 220 Å². The highest BCUT2D eigenvalue weighted by Gasteiger charge is 2.50. The Morgan fingerprint density at radius 2 is 1.15 bits per heavy atom. The van der Waals surface area contributed by atoms with E-state index in [-0.39, 0.29) is 17.6 Å². The Morgan fingerprint density at radius 3 is 1.89 bits per heavy atom. The van der Waals surface area contributed by atoms with Gasteiger partial charge in [-0.25, -0.2) is 8.78 Å². The summed E-state index contributed by atoms with van der Waals surface area (Å²) in [5, 5.41) is 1.99. The summed E-state index contributed by atoms with van der Waals surface area (Å²) in [6.07, 6.45) is 0.595. The van der Waals surface area contributed by atoms with Crippen molar-refractivity contribution in [1.82, 2.24) is 0 Å². The van der Waals surface area contributed by atoms with E-state index in [0.29, 0.717) is 6.42 Å². The third-order valence-corrected chi connectivity index (χ3v) is 14.0. The number of nitrogens with zero attached hydrogens (tertiary/aromatic N) is 1. The monoisotopic (exact) mass is 821 g/mol. The SMILES string of the molecule is Fc1ccc(CC(c2ccc(F)cc2)c2cccc3oc4c(N(c5ccccc5)c5ccc6c(c5)C5(c7ccccc7Sc7ccccc75)c5ccccc5-6)cccc4c23)cc1. The lowest BCUT2D eigenvalue weighted by molar-refractivity contribution is 0.624. The Balaban J connectivity index is 1.08. The molecule has 0 N–H and O–H groups in total. The molecule has 0 fully saturated rings. The van der Waals surface area contributed by atoms with Gasteiger partial charge < -0.3 is 9.32 Å². The molecule has 0 amide bonds. The fourth-order valence-corrected chi connectivity index (χ4v) is 11.5. The van der Waals surface area contributed by atoms with Gasteiger partial charge in [0.25, 0.3) is 0 Å². The van der Waals surface area contributed by atoms with Gasteiger partial charge in [-0.3, -0.25) is 0 Å². The number of furan rings is 1. The molecule has 2 nitrogen and oxygen atoms in total. The Labute approximate surface area is 362 Å². The largest absolute Gasteiger partial charge is 0.454 e. The van der Waals surface area contributed by atoms with E-state index in [9.17, 15) is 8.78 Å². The number of halogens is 2. The number of hydrogen-bond donors (Lipinski definition) is 0. The maximum absolute atomic E-state index is 14.4. The molecule has 10 aromatic rings. The molecule has 296 valence electrons. The van der Waals surface area contributed by atoms with Crippen LogP contribution in [0.1, 0.15) is 44.9 Å². The Bertz CT molecular complexity index is 3290. The molecule has 12 rings (SSSR count). The predicted octanol–water partition coefficient (Wildman–Crippen LogP) is 15.5. The van der Waals surface area contributed by atoms with Gasteiger partial charge in [0.2, 0.25) is 0 Å². The first-order chi connectivity index (χ1) is 30.6. The van der Waals surface area contributed by atoms with Crippen molar-refractivity contribution in [1.29, 1.82) is 0 Å². The fourth-order valence-electron chi connectivity index (χ4n) is 10.3. The zero-order valence-electron chi connectivity index (χ0n) is 33.4. The summed E-state index contributed by atoms with van der Waals surface area (Å²) in [5.41, 5.74) is 14.6. The van der Waals surface area contributed by atoms with Crippen LogP contribution in [0.2, 0.25) is 0 Å². The molecule has 0 saturated carbocycles. The van der Waals surface area contributed by atoms with E-state index >= 15 is 0 Å². The molecule has 62 heavy (non-hydrogen) atoms. The summed E-state index contributed by atoms with van der Waals surface area (Å²) in [6, 6.07) is 70.2. The van der Waals surface area contributed by atoms with E-state index in [1.165, 1.54) is 67.4 Å². The normalized spacial score (nSPS) is 13.7. The van der Waals surface area contributed by atoms with Crippen LogP contribution < -0.4 is 4.90 Å². The summed E-state index contributed by atoms with van der Waals surface area (Å²) in [4.78, 5) is 4.85. The molecule has 2 heterocycles. The number of hydrogen-bond acceptors (Lipinski definition) is 3. The lowest BCUT2D eigenvalue weighted by atomic mass is 9.67. The molecular weight excluding hydrogens is 785 g/mol. The van der Waals surface area contributed by atoms with Gasteiger partial charge in [-0.1, -0.05) is 145 Å². The number of anilines is 3. The zero-order valence-corrected chi connectivity index (χ0v) is 34.3. The maximum Gasteiger partial charge on any atom is 0.159 e. The van der Waals surface area contributed by atoms with Crippen molar-refractivity contribution >= 4 is 50.8 Å². The second-order valence-corrected chi connectivity index (χ2v) is 17.3. The molecular formula is C57H37F2NOS. The standard InChI is InChI=1S/C57H37F2NOS/c58-38-28-24-36(25-29-38)34-46(37-26-30-39(59)31-27-37)44-15-11-21-52-55(44)45-16-10-20-51(56(45)61-52)60(40-12-2-1-3-13-40)41-32-33-43-42-14-4-5-17-47(42)57(50(43)35-41)48-18-6-8-22-53(48)62-54-23-9-7-19-49(54)57/h1-33,35,46H,34H2. The van der Waals surface area contributed by atoms with E-state index < -0.39 is 5.41 Å². The summed E-state index contributed by atoms with van der Waals surface area (Å²) in [7, 11) is 0. The molecule has 1 unspecified atom stereocenters. The molecule has 2 aliphatic rings. The average Bonchev–Trinajstić information content (AvgIpc) is 3.84. The van der Waals surface area contributed by atoms with Crippen molar-refractivity contribution in [3.8, 4) is 11.1 Å². The highest BCUT2D eigenvalue weighted by atomic mass is 32.2. The lowest BCUT2D eigenvalue weighted by Gasteiger charge is -2.40. The van der Waals surface area contributed by atoms with Gasteiger partial charge in [-0.15, -0.1) is 0 Å². The van der Waals surface area contributed by atoms with Crippen molar-refractivity contribution in [2.24, 2.45) is 0 Å². The molecule has 5 heteroatoms. The van der Waals surface area contributed by atoms with Gasteiger partial charge in [0.1, 0.15) is 17.2 Å². The molecule has 9 aromatic carbocycles. The summed E-state index contributed by atoms with van der Waals surface area (Å²) in [6.45, 7) is 0. The number of rotatable bonds is 7. The van der Waals surface area contributed by atoms with Crippen LogP contribution in [-0.2, 0) is 11.8 Å². The van der Waals surface area contributed by atoms with Crippen molar-refractivity contribution in [3.63, 3.8) is 0 Å². The second-order valence-electron chi connectivity index (χ2n) is 16.2. The van der Waals surface area contributed by atoms with Gasteiger partial charge in [0.15, 0.2) is 5.58 Å². The topological polar surface area (TPSA) is 16.4 Å². The molecule has 1 aromatic heterocycles. The van der Waals surface area contributed by atoms with Crippen LogP contribution >= 0.6 is 11.8 Å². The summed E-state index contributed by atoms with van der Waals surface area (Å²) in [5.74, 6) is -0.724. The molecule has 0 saturated heterocycles. The molecule has 1 aliphatic carbocycles. The average molecular weight is 822 g/mol. The van der Waals surface area contributed by atoms with Crippen LogP contribution in [-0.4, -0.2) is 0 Å². The lowest BCUT2D eigenvalue weighted by Crippen LogP contribution is -2.32. The van der Waals surface area contributed by atoms with Crippen LogP contribution in [0.3, 0.4) is 0 Å². The number of fused-ring (bicyclic) bond motifs is 12. The minimum Gasteiger partial charge on any atom is -0.454 e. The molecule has 1 atom stereocenters. The number of benzene rings is 9. The fraction of sp³-hybridized carbons (Fsp3) is 0.0526.